The van der Waals surface area contributed by atoms with E-state index in [4.69, 9.17) is 16.3 Å². The van der Waals surface area contributed by atoms with Crippen molar-refractivity contribution in [1.82, 2.24) is 4.72 Å². The second kappa shape index (κ2) is 12.1. The summed E-state index contributed by atoms with van der Waals surface area (Å²) in [6.45, 7) is 8.39. The van der Waals surface area contributed by atoms with Crippen LogP contribution in [0.25, 0.3) is 0 Å². The number of hydrogen-bond acceptors (Lipinski definition) is 7. The van der Waals surface area contributed by atoms with Gasteiger partial charge in [-0.2, -0.15) is 0 Å². The maximum Gasteiger partial charge on any atom is 0.309 e. The average molecular weight is 685 g/mol. The molecule has 9 nitrogen and oxygen atoms in total. The van der Waals surface area contributed by atoms with Gasteiger partial charge in [-0.05, 0) is 111 Å². The third-order valence-electron chi connectivity index (χ3n) is 11.7. The molecule has 1 amide bonds. The molecule has 2 heterocycles. The number of carboxylic acid groups (broad SMARTS) is 1. The number of aliphatic hydroxyl groups is 1. The molecule has 2 aliphatic carbocycles. The summed E-state index contributed by atoms with van der Waals surface area (Å²) in [6.07, 6.45) is 7.73. The minimum atomic E-state index is -4.06. The zero-order valence-electron chi connectivity index (χ0n) is 27.5. The van der Waals surface area contributed by atoms with E-state index in [1.165, 1.54) is 18.1 Å². The number of anilines is 1. The Morgan fingerprint density at radius 3 is 2.62 bits per heavy atom. The second-order valence-electron chi connectivity index (χ2n) is 14.8. The summed E-state index contributed by atoms with van der Waals surface area (Å²) in [6, 6.07) is 11.1. The quantitative estimate of drug-likeness (QED) is 0.342. The summed E-state index contributed by atoms with van der Waals surface area (Å²) >= 11 is 6.41. The van der Waals surface area contributed by atoms with Crippen LogP contribution in [-0.4, -0.2) is 61.1 Å². The van der Waals surface area contributed by atoms with Gasteiger partial charge in [0.1, 0.15) is 5.75 Å². The van der Waals surface area contributed by atoms with Gasteiger partial charge < -0.3 is 19.8 Å². The van der Waals surface area contributed by atoms with Crippen LogP contribution in [-0.2, 0) is 26.7 Å². The molecule has 2 aromatic carbocycles. The minimum absolute atomic E-state index is 0.200. The molecule has 1 unspecified atom stereocenters. The molecular formula is C36H45ClN2O7S. The molecular weight excluding hydrogens is 640 g/mol. The topological polar surface area (TPSA) is 133 Å². The van der Waals surface area contributed by atoms with E-state index < -0.39 is 55.4 Å². The number of aryl methyl sites for hydroxylation is 1. The van der Waals surface area contributed by atoms with Crippen molar-refractivity contribution in [3.8, 4) is 5.75 Å². The normalized spacial score (nSPS) is 34.8. The monoisotopic (exact) mass is 684 g/mol. The van der Waals surface area contributed by atoms with Gasteiger partial charge in [0.15, 0.2) is 0 Å². The maximum absolute atomic E-state index is 13.5. The van der Waals surface area contributed by atoms with Crippen LogP contribution >= 0.6 is 11.6 Å². The number of rotatable bonds is 2. The largest absolute Gasteiger partial charge is 0.490 e. The molecule has 1 spiro atoms. The number of carbonyl (C=O) groups is 2. The van der Waals surface area contributed by atoms with Gasteiger partial charge in [-0.3, -0.25) is 9.59 Å². The number of fused-ring (bicyclic) bond motifs is 4. The molecule has 1 saturated carbocycles. The van der Waals surface area contributed by atoms with Crippen LogP contribution in [0.1, 0.15) is 81.3 Å². The smallest absolute Gasteiger partial charge is 0.309 e. The third-order valence-corrected chi connectivity index (χ3v) is 13.9. The van der Waals surface area contributed by atoms with E-state index in [0.29, 0.717) is 42.6 Å². The van der Waals surface area contributed by atoms with E-state index in [-0.39, 0.29) is 17.9 Å². The van der Waals surface area contributed by atoms with Crippen molar-refractivity contribution in [2.75, 3.05) is 24.6 Å². The van der Waals surface area contributed by atoms with Crippen LogP contribution in [0.4, 0.5) is 5.69 Å². The van der Waals surface area contributed by atoms with Crippen LogP contribution in [0, 0.1) is 23.2 Å². The lowest BCUT2D eigenvalue weighted by Crippen LogP contribution is -2.60. The summed E-state index contributed by atoms with van der Waals surface area (Å²) in [4.78, 5) is 28.1. The fraction of sp³-hybridized carbons (Fsp3) is 0.556. The number of amides is 1. The Labute approximate surface area is 282 Å². The molecule has 0 radical (unpaired) electrons. The first kappa shape index (κ1) is 33.8. The van der Waals surface area contributed by atoms with Gasteiger partial charge in [0.05, 0.1) is 29.1 Å². The Morgan fingerprint density at radius 1 is 1.15 bits per heavy atom. The zero-order valence-corrected chi connectivity index (χ0v) is 29.0. The molecule has 3 N–H and O–H groups in total. The van der Waals surface area contributed by atoms with Crippen molar-refractivity contribution in [3.63, 3.8) is 0 Å². The van der Waals surface area contributed by atoms with Gasteiger partial charge in [0.25, 0.3) is 5.91 Å². The number of ether oxygens (including phenoxy) is 1. The Morgan fingerprint density at radius 2 is 1.91 bits per heavy atom. The first-order valence-corrected chi connectivity index (χ1v) is 18.5. The number of hydrogen-bond donors (Lipinski definition) is 3. The molecule has 0 aromatic heterocycles. The third kappa shape index (κ3) is 5.95. The van der Waals surface area contributed by atoms with Crippen molar-refractivity contribution in [3.05, 3.63) is 70.3 Å². The van der Waals surface area contributed by atoms with Gasteiger partial charge in [0, 0.05) is 29.1 Å². The fourth-order valence-electron chi connectivity index (χ4n) is 8.44. The van der Waals surface area contributed by atoms with E-state index >= 15 is 0 Å². The number of sulfonamides is 1. The Kier molecular flexibility index (Phi) is 8.71. The molecule has 7 atom stereocenters. The first-order chi connectivity index (χ1) is 22.1. The van der Waals surface area contributed by atoms with Crippen LogP contribution in [0.15, 0.2) is 48.6 Å². The number of carbonyl (C=O) groups excluding carboxylic acids is 1. The maximum atomic E-state index is 13.5. The van der Waals surface area contributed by atoms with E-state index in [0.717, 1.165) is 25.7 Å². The number of nitrogens with zero attached hydrogens (tertiary/aromatic N) is 1. The molecule has 1 fully saturated rings. The SMILES string of the molecule is C[C@H](C(=O)O)[C@@]1(O)/C=C/C[C@H](C)[C@@H](C)S(=O)(=O)NC(=O)c2ccc3c(c2)N(CC2(C)CC[C@H]21)C[C@@]1(CCCc2cc(Cl)ccc21)CO3. The average Bonchev–Trinajstić information content (AvgIpc) is 3.15. The van der Waals surface area contributed by atoms with Gasteiger partial charge in [0.2, 0.25) is 10.0 Å². The van der Waals surface area contributed by atoms with E-state index in [1.807, 2.05) is 12.1 Å². The molecule has 2 aliphatic heterocycles. The van der Waals surface area contributed by atoms with Crippen molar-refractivity contribution in [2.24, 2.45) is 23.2 Å². The van der Waals surface area contributed by atoms with E-state index in [1.54, 1.807) is 44.2 Å². The van der Waals surface area contributed by atoms with Crippen LogP contribution in [0.5, 0.6) is 5.75 Å². The molecule has 2 bridgehead atoms. The van der Waals surface area contributed by atoms with Gasteiger partial charge >= 0.3 is 5.97 Å². The zero-order chi connectivity index (χ0) is 33.9. The highest BCUT2D eigenvalue weighted by Crippen LogP contribution is 2.56. The summed E-state index contributed by atoms with van der Waals surface area (Å²) < 4.78 is 35.5. The number of halogens is 1. The second-order valence-corrected chi connectivity index (χ2v) is 17.2. The van der Waals surface area contributed by atoms with Crippen LogP contribution in [0.2, 0.25) is 5.02 Å². The number of carboxylic acids is 1. The number of nitrogens with one attached hydrogen (secondary N) is 1. The Bertz CT molecular complexity index is 1730. The van der Waals surface area contributed by atoms with E-state index in [9.17, 15) is 28.2 Å². The highest BCUT2D eigenvalue weighted by Gasteiger charge is 2.57. The molecule has 11 heteroatoms. The number of aliphatic carboxylic acids is 1. The molecule has 6 rings (SSSR count). The van der Waals surface area contributed by atoms with Crippen molar-refractivity contribution in [1.29, 1.82) is 0 Å². The summed E-state index contributed by atoms with van der Waals surface area (Å²) in [5.41, 5.74) is 0.684. The molecule has 47 heavy (non-hydrogen) atoms. The summed E-state index contributed by atoms with van der Waals surface area (Å²) in [5.74, 6) is -3.11. The van der Waals surface area contributed by atoms with Crippen molar-refractivity contribution >= 4 is 39.2 Å². The van der Waals surface area contributed by atoms with Gasteiger partial charge in [-0.15, -0.1) is 0 Å². The predicted molar refractivity (Wildman–Crippen MR) is 182 cm³/mol. The lowest BCUT2D eigenvalue weighted by Gasteiger charge is -2.57. The highest BCUT2D eigenvalue weighted by molar-refractivity contribution is 7.90. The standard InChI is InChI=1S/C36H45ClN2O7S/c1-22-7-5-15-36(43,23(2)33(41)42)31-13-16-34(31,4)19-39-20-35(14-6-8-25-17-27(37)10-11-28(25)35)21-46-30-12-9-26(18-29(30)39)32(40)38-47(44,45)24(22)3/h5,9-12,15,17-18,22-24,31,43H,6-8,13-14,16,19-21H2,1-4H3,(H,38,40)(H,41,42)/b15-5+/t22-,23+,24+,31+,34?,35-,36-/m0/s1. The highest BCUT2D eigenvalue weighted by atomic mass is 35.5. The van der Waals surface area contributed by atoms with Crippen LogP contribution < -0.4 is 14.4 Å². The first-order valence-electron chi connectivity index (χ1n) is 16.6. The fourth-order valence-corrected chi connectivity index (χ4v) is 9.92. The molecule has 4 aliphatic rings. The Hall–Kier alpha value is -3.08. The van der Waals surface area contributed by atoms with Crippen molar-refractivity contribution < 1.29 is 33.0 Å². The predicted octanol–water partition coefficient (Wildman–Crippen LogP) is 5.73. The lowest BCUT2D eigenvalue weighted by molar-refractivity contribution is -0.163. The summed E-state index contributed by atoms with van der Waals surface area (Å²) in [5, 5.41) is 22.2. The Balaban J connectivity index is 1.50. The summed E-state index contributed by atoms with van der Waals surface area (Å²) in [7, 11) is -4.06. The molecule has 254 valence electrons. The molecule has 0 saturated heterocycles. The number of allylic oxidation sites excluding steroid dienone is 1. The van der Waals surface area contributed by atoms with E-state index in [2.05, 4.69) is 22.6 Å². The minimum Gasteiger partial charge on any atom is -0.490 e. The lowest BCUT2D eigenvalue weighted by atomic mass is 9.52. The van der Waals surface area contributed by atoms with Gasteiger partial charge in [-0.25, -0.2) is 13.1 Å². The molecule has 2 aromatic rings. The van der Waals surface area contributed by atoms with Crippen LogP contribution in [0.3, 0.4) is 0 Å². The van der Waals surface area contributed by atoms with Gasteiger partial charge in [-0.1, -0.05) is 43.7 Å². The van der Waals surface area contributed by atoms with Crippen molar-refractivity contribution in [2.45, 2.75) is 82.5 Å². The number of benzene rings is 2.